The first-order chi connectivity index (χ1) is 16.3. The predicted molar refractivity (Wildman–Crippen MR) is 124 cm³/mol. The minimum absolute atomic E-state index is 0.0775. The quantitative estimate of drug-likeness (QED) is 0.0935. The van der Waals surface area contributed by atoms with E-state index in [4.69, 9.17) is 22.3 Å². The number of nitrogens with one attached hydrogen (secondary N) is 3. The summed E-state index contributed by atoms with van der Waals surface area (Å²) in [5.41, 5.74) is 16.4. The van der Waals surface area contributed by atoms with Crippen molar-refractivity contribution in [3.05, 3.63) is 0 Å². The Kier molecular flexibility index (Phi) is 14.9. The van der Waals surface area contributed by atoms with Crippen molar-refractivity contribution in [2.24, 2.45) is 23.1 Å². The number of amides is 4. The number of aliphatic carboxylic acids is 2. The van der Waals surface area contributed by atoms with Gasteiger partial charge in [0, 0.05) is 6.42 Å². The summed E-state index contributed by atoms with van der Waals surface area (Å²) >= 11 is 0. The van der Waals surface area contributed by atoms with Gasteiger partial charge in [0.1, 0.15) is 18.1 Å². The van der Waals surface area contributed by atoms with Crippen molar-refractivity contribution in [3.8, 4) is 0 Å². The molecule has 0 spiro atoms. The maximum Gasteiger partial charge on any atom is 0.326 e. The minimum atomic E-state index is -1.64. The molecule has 0 aromatic heterocycles. The zero-order valence-electron chi connectivity index (χ0n) is 20.1. The number of carboxylic acid groups (broad SMARTS) is 2. The maximum atomic E-state index is 12.8. The lowest BCUT2D eigenvalue weighted by molar-refractivity contribution is -0.144. The predicted octanol–water partition coefficient (Wildman–Crippen LogP) is -2.23. The van der Waals surface area contributed by atoms with E-state index in [0.717, 1.165) is 0 Å². The van der Waals surface area contributed by atoms with E-state index in [2.05, 4.69) is 16.0 Å². The van der Waals surface area contributed by atoms with Gasteiger partial charge in [0.15, 0.2) is 0 Å². The van der Waals surface area contributed by atoms with Gasteiger partial charge in [-0.2, -0.15) is 0 Å². The van der Waals surface area contributed by atoms with Crippen LogP contribution in [0.25, 0.3) is 0 Å². The Hall–Kier alpha value is -3.26. The van der Waals surface area contributed by atoms with Crippen LogP contribution < -0.4 is 33.2 Å². The average Bonchev–Trinajstić information content (AvgIpc) is 2.74. The van der Waals surface area contributed by atoms with Gasteiger partial charge in [0.2, 0.25) is 23.6 Å². The highest BCUT2D eigenvalue weighted by molar-refractivity contribution is 5.95. The van der Waals surface area contributed by atoms with Crippen molar-refractivity contribution >= 4 is 35.6 Å². The summed E-state index contributed by atoms with van der Waals surface area (Å²) < 4.78 is 0. The largest absolute Gasteiger partial charge is 0.481 e. The lowest BCUT2D eigenvalue weighted by atomic mass is 10.0. The highest BCUT2D eigenvalue weighted by Crippen LogP contribution is 2.07. The van der Waals surface area contributed by atoms with Gasteiger partial charge in [-0.3, -0.25) is 24.0 Å². The number of primary amides is 1. The summed E-state index contributed by atoms with van der Waals surface area (Å²) in [7, 11) is 0. The van der Waals surface area contributed by atoms with Crippen LogP contribution in [0.15, 0.2) is 0 Å². The maximum absolute atomic E-state index is 12.8. The number of unbranched alkanes of at least 4 members (excludes halogenated alkanes) is 1. The highest BCUT2D eigenvalue weighted by atomic mass is 16.4. The molecule has 14 nitrogen and oxygen atoms in total. The van der Waals surface area contributed by atoms with E-state index in [-0.39, 0.29) is 25.2 Å². The van der Waals surface area contributed by atoms with E-state index in [1.165, 1.54) is 0 Å². The van der Waals surface area contributed by atoms with E-state index < -0.39 is 66.2 Å². The molecule has 4 atom stereocenters. The second-order valence-electron chi connectivity index (χ2n) is 8.65. The molecule has 0 aromatic carbocycles. The van der Waals surface area contributed by atoms with Crippen molar-refractivity contribution in [2.45, 2.75) is 83.0 Å². The second kappa shape index (κ2) is 16.4. The Bertz CT molecular complexity index is 760. The van der Waals surface area contributed by atoms with E-state index in [0.29, 0.717) is 25.8 Å². The molecule has 0 aliphatic heterocycles. The molecule has 0 rings (SSSR count). The first kappa shape index (κ1) is 31.7. The molecule has 0 aromatic rings. The van der Waals surface area contributed by atoms with E-state index >= 15 is 0 Å². The van der Waals surface area contributed by atoms with Crippen molar-refractivity contribution in [2.75, 3.05) is 6.54 Å². The molecule has 0 heterocycles. The van der Waals surface area contributed by atoms with Crippen LogP contribution in [-0.4, -0.2) is 76.5 Å². The Morgan fingerprint density at radius 1 is 0.800 bits per heavy atom. The molecule has 4 unspecified atom stereocenters. The summed E-state index contributed by atoms with van der Waals surface area (Å²) in [5, 5.41) is 25.3. The molecule has 0 aliphatic rings. The number of hydrogen-bond acceptors (Lipinski definition) is 8. The highest BCUT2D eigenvalue weighted by Gasteiger charge is 2.32. The van der Waals surface area contributed by atoms with E-state index in [1.54, 1.807) is 13.8 Å². The molecule has 0 fully saturated rings. The third kappa shape index (κ3) is 13.9. The molecule has 11 N–H and O–H groups in total. The van der Waals surface area contributed by atoms with Crippen LogP contribution in [0.5, 0.6) is 0 Å². The van der Waals surface area contributed by atoms with Gasteiger partial charge < -0.3 is 43.4 Å². The van der Waals surface area contributed by atoms with Gasteiger partial charge in [-0.1, -0.05) is 20.3 Å². The van der Waals surface area contributed by atoms with Gasteiger partial charge in [-0.05, 0) is 38.1 Å². The van der Waals surface area contributed by atoms with Crippen LogP contribution in [0.4, 0.5) is 0 Å². The number of carbonyl (C=O) groups excluding carboxylic acids is 4. The van der Waals surface area contributed by atoms with Crippen LogP contribution in [-0.2, 0) is 28.8 Å². The topological polar surface area (TPSA) is 257 Å². The van der Waals surface area contributed by atoms with Gasteiger partial charge in [-0.25, -0.2) is 4.79 Å². The first-order valence-electron chi connectivity index (χ1n) is 11.4. The van der Waals surface area contributed by atoms with E-state index in [1.807, 2.05) is 0 Å². The number of carboxylic acids is 2. The third-order valence-electron chi connectivity index (χ3n) is 4.95. The Morgan fingerprint density at radius 3 is 1.83 bits per heavy atom. The van der Waals surface area contributed by atoms with Crippen molar-refractivity contribution in [3.63, 3.8) is 0 Å². The van der Waals surface area contributed by atoms with Gasteiger partial charge >= 0.3 is 11.9 Å². The molecule has 0 aliphatic carbocycles. The molecule has 0 radical (unpaired) electrons. The molecule has 0 saturated heterocycles. The van der Waals surface area contributed by atoms with Gasteiger partial charge in [-0.15, -0.1) is 0 Å². The lowest BCUT2D eigenvalue weighted by Gasteiger charge is -2.25. The van der Waals surface area contributed by atoms with Gasteiger partial charge in [0.25, 0.3) is 0 Å². The monoisotopic (exact) mass is 502 g/mol. The van der Waals surface area contributed by atoms with Crippen LogP contribution in [0.1, 0.15) is 58.8 Å². The zero-order valence-corrected chi connectivity index (χ0v) is 20.1. The van der Waals surface area contributed by atoms with Crippen molar-refractivity contribution in [1.29, 1.82) is 0 Å². The van der Waals surface area contributed by atoms with Crippen LogP contribution in [0, 0.1) is 5.92 Å². The molecule has 14 heteroatoms. The summed E-state index contributed by atoms with van der Waals surface area (Å²) in [5.74, 6) is -6.25. The number of rotatable bonds is 18. The Labute approximate surface area is 203 Å². The normalized spacial score (nSPS) is 14.3. The standard InChI is InChI=1S/C21H38N6O8/c1-11(2)9-15(21(34)35)27-20(33)14(10-17(29)30)26-19(32)13(6-7-16(24)28)25-18(31)12(23)5-3-4-8-22/h11-15H,3-10,22-23H2,1-2H3,(H2,24,28)(H,25,31)(H,26,32)(H,27,33)(H,29,30)(H,34,35). The van der Waals surface area contributed by atoms with Crippen molar-refractivity contribution in [1.82, 2.24) is 16.0 Å². The Morgan fingerprint density at radius 2 is 1.34 bits per heavy atom. The van der Waals surface area contributed by atoms with E-state index in [9.17, 15) is 33.9 Å². The summed E-state index contributed by atoms with van der Waals surface area (Å²) in [4.78, 5) is 71.8. The number of nitrogens with two attached hydrogens (primary N) is 3. The van der Waals surface area contributed by atoms with Gasteiger partial charge in [0.05, 0.1) is 12.5 Å². The van der Waals surface area contributed by atoms with Crippen LogP contribution in [0.3, 0.4) is 0 Å². The molecule has 0 saturated carbocycles. The molecule has 0 bridgehead atoms. The number of carbonyl (C=O) groups is 6. The zero-order chi connectivity index (χ0) is 27.1. The SMILES string of the molecule is CC(C)CC(NC(=O)C(CC(=O)O)NC(=O)C(CCC(N)=O)NC(=O)C(N)CCCCN)C(=O)O. The van der Waals surface area contributed by atoms with Crippen LogP contribution in [0.2, 0.25) is 0 Å². The van der Waals surface area contributed by atoms with Crippen molar-refractivity contribution < 1.29 is 39.0 Å². The smallest absolute Gasteiger partial charge is 0.326 e. The summed E-state index contributed by atoms with van der Waals surface area (Å²) in [6.07, 6.45) is 0.234. The minimum Gasteiger partial charge on any atom is -0.481 e. The third-order valence-corrected chi connectivity index (χ3v) is 4.95. The fourth-order valence-corrected chi connectivity index (χ4v) is 3.10. The molecule has 4 amide bonds. The van der Waals surface area contributed by atoms with Crippen LogP contribution >= 0.6 is 0 Å². The first-order valence-corrected chi connectivity index (χ1v) is 11.4. The summed E-state index contributed by atoms with van der Waals surface area (Å²) in [6.45, 7) is 3.90. The second-order valence-corrected chi connectivity index (χ2v) is 8.65. The fraction of sp³-hybridized carbons (Fsp3) is 0.714. The number of hydrogen-bond donors (Lipinski definition) is 8. The molecule has 35 heavy (non-hydrogen) atoms. The lowest BCUT2D eigenvalue weighted by Crippen LogP contribution is -2.57. The average molecular weight is 503 g/mol. The molecule has 200 valence electrons. The summed E-state index contributed by atoms with van der Waals surface area (Å²) in [6, 6.07) is -5.24. The molecular weight excluding hydrogens is 464 g/mol. The fourth-order valence-electron chi connectivity index (χ4n) is 3.10. The molecular formula is C21H38N6O8. The Balaban J connectivity index is 5.52.